The molecule has 0 spiro atoms. The molecule has 1 aliphatic rings. The van der Waals surface area contributed by atoms with Gasteiger partial charge in [-0.2, -0.15) is 0 Å². The highest BCUT2D eigenvalue weighted by molar-refractivity contribution is 6.23. The zero-order chi connectivity index (χ0) is 18.3. The number of nitrogens with zero attached hydrogens (tertiary/aromatic N) is 1. The molecule has 0 radical (unpaired) electrons. The molecule has 2 aromatic carbocycles. The van der Waals surface area contributed by atoms with Crippen LogP contribution in [0, 0.1) is 34.6 Å². The Labute approximate surface area is 148 Å². The van der Waals surface area contributed by atoms with Gasteiger partial charge in [-0.25, -0.2) is 4.90 Å². The highest BCUT2D eigenvalue weighted by Gasteiger charge is 2.40. The third kappa shape index (κ3) is 3.04. The average Bonchev–Trinajstić information content (AvgIpc) is 2.78. The highest BCUT2D eigenvalue weighted by atomic mass is 16.2. The number of hydrogen-bond donors (Lipinski definition) is 1. The van der Waals surface area contributed by atoms with E-state index in [-0.39, 0.29) is 18.2 Å². The van der Waals surface area contributed by atoms with Crippen LogP contribution in [0.5, 0.6) is 0 Å². The summed E-state index contributed by atoms with van der Waals surface area (Å²) in [4.78, 5) is 26.9. The van der Waals surface area contributed by atoms with E-state index in [0.717, 1.165) is 33.6 Å². The molecule has 0 aliphatic carbocycles. The summed E-state index contributed by atoms with van der Waals surface area (Å²) in [6.45, 7) is 9.95. The Bertz CT molecular complexity index is 827. The standard InChI is InChI=1S/C21H24N2O2/c1-12-9-15(4)19(16(5)10-12)22-17-11-18(24)23(21(17)25)20-13(2)7-6-8-14(20)3/h6-10,17,22H,11H2,1-5H3. The van der Waals surface area contributed by atoms with Crippen molar-refractivity contribution >= 4 is 23.2 Å². The molecule has 0 saturated carbocycles. The van der Waals surface area contributed by atoms with Crippen LogP contribution in [-0.4, -0.2) is 17.9 Å². The molecule has 1 aliphatic heterocycles. The molecule has 4 nitrogen and oxygen atoms in total. The SMILES string of the molecule is Cc1cc(C)c(NC2CC(=O)N(c3c(C)cccc3C)C2=O)c(C)c1. The van der Waals surface area contributed by atoms with Gasteiger partial charge in [-0.05, 0) is 56.9 Å². The van der Waals surface area contributed by atoms with Gasteiger partial charge in [-0.1, -0.05) is 35.9 Å². The van der Waals surface area contributed by atoms with Gasteiger partial charge < -0.3 is 5.32 Å². The van der Waals surface area contributed by atoms with Crippen molar-refractivity contribution in [1.82, 2.24) is 0 Å². The number of imide groups is 1. The molecule has 1 unspecified atom stereocenters. The van der Waals surface area contributed by atoms with Crippen LogP contribution in [-0.2, 0) is 9.59 Å². The van der Waals surface area contributed by atoms with Crippen molar-refractivity contribution in [2.24, 2.45) is 0 Å². The lowest BCUT2D eigenvalue weighted by Gasteiger charge is -2.21. The van der Waals surface area contributed by atoms with Crippen LogP contribution in [0.4, 0.5) is 11.4 Å². The lowest BCUT2D eigenvalue weighted by Crippen LogP contribution is -2.36. The summed E-state index contributed by atoms with van der Waals surface area (Å²) >= 11 is 0. The van der Waals surface area contributed by atoms with Crippen LogP contribution in [0.25, 0.3) is 0 Å². The molecule has 1 N–H and O–H groups in total. The normalized spacial score (nSPS) is 17.3. The van der Waals surface area contributed by atoms with Crippen LogP contribution < -0.4 is 10.2 Å². The van der Waals surface area contributed by atoms with Crippen LogP contribution in [0.2, 0.25) is 0 Å². The van der Waals surface area contributed by atoms with E-state index in [1.807, 2.05) is 45.9 Å². The topological polar surface area (TPSA) is 49.4 Å². The molecule has 1 atom stereocenters. The number of aryl methyl sites for hydroxylation is 5. The first-order valence-electron chi connectivity index (χ1n) is 8.57. The zero-order valence-electron chi connectivity index (χ0n) is 15.4. The molecule has 4 heteroatoms. The predicted octanol–water partition coefficient (Wildman–Crippen LogP) is 3.97. The summed E-state index contributed by atoms with van der Waals surface area (Å²) in [6, 6.07) is 9.44. The van der Waals surface area contributed by atoms with Crippen molar-refractivity contribution in [2.45, 2.75) is 47.1 Å². The summed E-state index contributed by atoms with van der Waals surface area (Å²) in [5, 5.41) is 3.31. The third-order valence-corrected chi connectivity index (χ3v) is 4.81. The first-order valence-corrected chi connectivity index (χ1v) is 8.57. The van der Waals surface area contributed by atoms with Crippen molar-refractivity contribution in [3.63, 3.8) is 0 Å². The van der Waals surface area contributed by atoms with Gasteiger partial charge in [-0.3, -0.25) is 9.59 Å². The maximum Gasteiger partial charge on any atom is 0.256 e. The third-order valence-electron chi connectivity index (χ3n) is 4.81. The van der Waals surface area contributed by atoms with E-state index in [2.05, 4.69) is 24.4 Å². The molecule has 0 bridgehead atoms. The Balaban J connectivity index is 1.93. The zero-order valence-corrected chi connectivity index (χ0v) is 15.4. The lowest BCUT2D eigenvalue weighted by molar-refractivity contribution is -0.121. The molecule has 2 amide bonds. The minimum absolute atomic E-state index is 0.151. The number of benzene rings is 2. The monoisotopic (exact) mass is 336 g/mol. The maximum absolute atomic E-state index is 13.0. The molecule has 25 heavy (non-hydrogen) atoms. The van der Waals surface area contributed by atoms with E-state index in [1.165, 1.54) is 10.5 Å². The summed E-state index contributed by atoms with van der Waals surface area (Å²) in [5.41, 5.74) is 6.90. The molecule has 3 rings (SSSR count). The Morgan fingerprint density at radius 2 is 1.48 bits per heavy atom. The number of anilines is 2. The first kappa shape index (κ1) is 17.2. The second-order valence-electron chi connectivity index (χ2n) is 6.98. The van der Waals surface area contributed by atoms with Gasteiger partial charge >= 0.3 is 0 Å². The minimum Gasteiger partial charge on any atom is -0.373 e. The molecule has 1 heterocycles. The molecule has 2 aromatic rings. The fourth-order valence-electron chi connectivity index (χ4n) is 3.72. The molecular formula is C21H24N2O2. The van der Waals surface area contributed by atoms with Gasteiger partial charge in [0.1, 0.15) is 6.04 Å². The van der Waals surface area contributed by atoms with Crippen LogP contribution in [0.3, 0.4) is 0 Å². The molecule has 1 fully saturated rings. The van der Waals surface area contributed by atoms with Crippen molar-refractivity contribution in [3.8, 4) is 0 Å². The van der Waals surface area contributed by atoms with Crippen LogP contribution in [0.15, 0.2) is 30.3 Å². The van der Waals surface area contributed by atoms with E-state index in [4.69, 9.17) is 0 Å². The second kappa shape index (κ2) is 6.36. The number of amides is 2. The highest BCUT2D eigenvalue weighted by Crippen LogP contribution is 2.32. The summed E-state index contributed by atoms with van der Waals surface area (Å²) in [7, 11) is 0. The van der Waals surface area contributed by atoms with E-state index in [9.17, 15) is 9.59 Å². The smallest absolute Gasteiger partial charge is 0.256 e. The average molecular weight is 336 g/mol. The van der Waals surface area contributed by atoms with Gasteiger partial charge in [0.25, 0.3) is 5.91 Å². The largest absolute Gasteiger partial charge is 0.373 e. The fourth-order valence-corrected chi connectivity index (χ4v) is 3.72. The van der Waals surface area contributed by atoms with Crippen LogP contribution >= 0.6 is 0 Å². The summed E-state index contributed by atoms with van der Waals surface area (Å²) in [6.07, 6.45) is 0.180. The van der Waals surface area contributed by atoms with Gasteiger partial charge in [0.15, 0.2) is 0 Å². The lowest BCUT2D eigenvalue weighted by atomic mass is 10.0. The Kier molecular flexibility index (Phi) is 4.38. The maximum atomic E-state index is 13.0. The van der Waals surface area contributed by atoms with Gasteiger partial charge in [0, 0.05) is 5.69 Å². The quantitative estimate of drug-likeness (QED) is 0.863. The van der Waals surface area contributed by atoms with Crippen LogP contribution in [0.1, 0.15) is 34.2 Å². The van der Waals surface area contributed by atoms with Gasteiger partial charge in [0.05, 0.1) is 12.1 Å². The second-order valence-corrected chi connectivity index (χ2v) is 6.98. The van der Waals surface area contributed by atoms with Gasteiger partial charge in [0.2, 0.25) is 5.91 Å². The number of hydrogen-bond acceptors (Lipinski definition) is 3. The summed E-state index contributed by atoms with van der Waals surface area (Å²) < 4.78 is 0. The number of carbonyl (C=O) groups excluding carboxylic acids is 2. The Morgan fingerprint density at radius 1 is 0.920 bits per heavy atom. The van der Waals surface area contributed by atoms with E-state index < -0.39 is 6.04 Å². The van der Waals surface area contributed by atoms with E-state index in [1.54, 1.807) is 0 Å². The van der Waals surface area contributed by atoms with E-state index in [0.29, 0.717) is 0 Å². The molecule has 1 saturated heterocycles. The summed E-state index contributed by atoms with van der Waals surface area (Å²) in [5.74, 6) is -0.330. The molecular weight excluding hydrogens is 312 g/mol. The number of nitrogens with one attached hydrogen (secondary N) is 1. The van der Waals surface area contributed by atoms with Crippen molar-refractivity contribution in [2.75, 3.05) is 10.2 Å². The number of carbonyl (C=O) groups is 2. The van der Waals surface area contributed by atoms with E-state index >= 15 is 0 Å². The Morgan fingerprint density at radius 3 is 2.04 bits per heavy atom. The number of rotatable bonds is 3. The molecule has 130 valence electrons. The van der Waals surface area contributed by atoms with Crippen molar-refractivity contribution in [3.05, 3.63) is 58.1 Å². The van der Waals surface area contributed by atoms with Gasteiger partial charge in [-0.15, -0.1) is 0 Å². The predicted molar refractivity (Wildman–Crippen MR) is 101 cm³/mol. The molecule has 0 aromatic heterocycles. The first-order chi connectivity index (χ1) is 11.8. The van der Waals surface area contributed by atoms with Crippen molar-refractivity contribution in [1.29, 1.82) is 0 Å². The minimum atomic E-state index is -0.522. The van der Waals surface area contributed by atoms with Crippen molar-refractivity contribution < 1.29 is 9.59 Å². The Hall–Kier alpha value is -2.62. The number of para-hydroxylation sites is 1. The fraction of sp³-hybridized carbons (Fsp3) is 0.333.